The Balaban J connectivity index is 2.02. The van der Waals surface area contributed by atoms with Gasteiger partial charge in [0, 0.05) is 17.6 Å². The van der Waals surface area contributed by atoms with E-state index in [1.54, 1.807) is 11.3 Å². The largest absolute Gasteiger partial charge is 0.304 e. The molecule has 1 fully saturated rings. The quantitative estimate of drug-likeness (QED) is 0.824. The van der Waals surface area contributed by atoms with Gasteiger partial charge in [-0.15, -0.1) is 11.3 Å². The van der Waals surface area contributed by atoms with Gasteiger partial charge in [-0.05, 0) is 40.5 Å². The average Bonchev–Trinajstić information content (AvgIpc) is 2.62. The minimum absolute atomic E-state index is 0.0155. The highest BCUT2D eigenvalue weighted by Crippen LogP contribution is 2.14. The van der Waals surface area contributed by atoms with Crippen LogP contribution < -0.4 is 0 Å². The van der Waals surface area contributed by atoms with Crippen molar-refractivity contribution < 1.29 is 4.79 Å². The van der Waals surface area contributed by atoms with Crippen LogP contribution in [0.3, 0.4) is 0 Å². The molecule has 0 aromatic carbocycles. The monoisotopic (exact) mass is 267 g/mol. The zero-order valence-electron chi connectivity index (χ0n) is 11.3. The van der Waals surface area contributed by atoms with Crippen molar-refractivity contribution in [3.8, 4) is 0 Å². The molecule has 2 rings (SSSR count). The third-order valence-electron chi connectivity index (χ3n) is 3.43. The number of aromatic nitrogens is 1. The molecule has 0 aliphatic carbocycles. The summed E-state index contributed by atoms with van der Waals surface area (Å²) >= 11 is 1.59. The molecule has 100 valence electrons. The van der Waals surface area contributed by atoms with Gasteiger partial charge in [0.15, 0.2) is 5.78 Å². The number of hydrogen-bond acceptors (Lipinski definition) is 5. The molecule has 2 heterocycles. The molecule has 0 spiro atoms. The van der Waals surface area contributed by atoms with Gasteiger partial charge in [-0.1, -0.05) is 0 Å². The summed E-state index contributed by atoms with van der Waals surface area (Å²) in [6.45, 7) is 4.87. The van der Waals surface area contributed by atoms with E-state index in [2.05, 4.69) is 28.9 Å². The van der Waals surface area contributed by atoms with Gasteiger partial charge in [0.1, 0.15) is 5.01 Å². The van der Waals surface area contributed by atoms with E-state index in [0.717, 1.165) is 36.8 Å². The number of carbonyl (C=O) groups excluding carboxylic acids is 1. The number of hydrogen-bond donors (Lipinski definition) is 0. The summed E-state index contributed by atoms with van der Waals surface area (Å²) in [4.78, 5) is 21.2. The van der Waals surface area contributed by atoms with Gasteiger partial charge < -0.3 is 4.90 Å². The fourth-order valence-electron chi connectivity index (χ4n) is 2.37. The summed E-state index contributed by atoms with van der Waals surface area (Å²) in [7, 11) is 4.14. The molecule has 0 bridgehead atoms. The second-order valence-electron chi connectivity index (χ2n) is 5.14. The van der Waals surface area contributed by atoms with Crippen molar-refractivity contribution in [1.82, 2.24) is 14.8 Å². The molecule has 1 unspecified atom stereocenters. The Labute approximate surface area is 113 Å². The predicted octanol–water partition coefficient (Wildman–Crippen LogP) is 1.20. The maximum atomic E-state index is 12.4. The first-order chi connectivity index (χ1) is 8.56. The number of thiazole rings is 1. The normalized spacial score (nSPS) is 22.9. The summed E-state index contributed by atoms with van der Waals surface area (Å²) in [6, 6.07) is 0.0155. The highest BCUT2D eigenvalue weighted by molar-refractivity contribution is 7.09. The van der Waals surface area contributed by atoms with Crippen LogP contribution in [0, 0.1) is 6.92 Å². The van der Waals surface area contributed by atoms with Crippen molar-refractivity contribution in [3.05, 3.63) is 16.1 Å². The molecule has 0 amide bonds. The summed E-state index contributed by atoms with van der Waals surface area (Å²) < 4.78 is 0. The number of ketones is 1. The first-order valence-corrected chi connectivity index (χ1v) is 7.26. The Kier molecular flexibility index (Phi) is 4.48. The lowest BCUT2D eigenvalue weighted by molar-refractivity contribution is -0.123. The SMILES string of the molecule is Cc1csc(CC(=O)C2CN(C)CCCN2C)n1. The van der Waals surface area contributed by atoms with Gasteiger partial charge in [-0.25, -0.2) is 4.98 Å². The van der Waals surface area contributed by atoms with Crippen LogP contribution in [0.1, 0.15) is 17.1 Å². The lowest BCUT2D eigenvalue weighted by atomic mass is 10.1. The molecule has 1 atom stereocenters. The van der Waals surface area contributed by atoms with Crippen molar-refractivity contribution in [2.24, 2.45) is 0 Å². The van der Waals surface area contributed by atoms with Crippen molar-refractivity contribution in [2.75, 3.05) is 33.7 Å². The first-order valence-electron chi connectivity index (χ1n) is 6.39. The second kappa shape index (κ2) is 5.91. The van der Waals surface area contributed by atoms with Crippen molar-refractivity contribution in [3.63, 3.8) is 0 Å². The molecule has 1 aliphatic heterocycles. The fourth-order valence-corrected chi connectivity index (χ4v) is 3.15. The topological polar surface area (TPSA) is 36.4 Å². The summed E-state index contributed by atoms with van der Waals surface area (Å²) in [5.74, 6) is 0.292. The standard InChI is InChI=1S/C13H21N3OS/c1-10-9-18-13(14-10)7-12(17)11-8-15(2)5-4-6-16(11)3/h9,11H,4-8H2,1-3H3. The van der Waals surface area contributed by atoms with E-state index < -0.39 is 0 Å². The molecule has 0 N–H and O–H groups in total. The molecule has 4 nitrogen and oxygen atoms in total. The zero-order chi connectivity index (χ0) is 13.1. The van der Waals surface area contributed by atoms with E-state index in [-0.39, 0.29) is 6.04 Å². The molecule has 0 radical (unpaired) electrons. The third-order valence-corrected chi connectivity index (χ3v) is 4.40. The molecule has 18 heavy (non-hydrogen) atoms. The Morgan fingerprint density at radius 2 is 2.28 bits per heavy atom. The van der Waals surface area contributed by atoms with Crippen LogP contribution in [-0.2, 0) is 11.2 Å². The Morgan fingerprint density at radius 1 is 1.50 bits per heavy atom. The minimum Gasteiger partial charge on any atom is -0.304 e. The van der Waals surface area contributed by atoms with Gasteiger partial charge in [-0.2, -0.15) is 0 Å². The van der Waals surface area contributed by atoms with Gasteiger partial charge in [0.05, 0.1) is 12.5 Å². The molecule has 1 aromatic rings. The second-order valence-corrected chi connectivity index (χ2v) is 6.08. The number of carbonyl (C=O) groups is 1. The van der Waals surface area contributed by atoms with E-state index in [9.17, 15) is 4.79 Å². The number of Topliss-reactive ketones (excluding diaryl/α,β-unsaturated/α-hetero) is 1. The Hall–Kier alpha value is -0.780. The Morgan fingerprint density at radius 3 is 2.94 bits per heavy atom. The van der Waals surface area contributed by atoms with E-state index in [0.29, 0.717) is 12.2 Å². The third kappa shape index (κ3) is 3.37. The number of rotatable bonds is 3. The van der Waals surface area contributed by atoms with Crippen molar-refractivity contribution >= 4 is 17.1 Å². The molecule has 1 saturated heterocycles. The van der Waals surface area contributed by atoms with E-state index >= 15 is 0 Å². The smallest absolute Gasteiger partial charge is 0.158 e. The summed E-state index contributed by atoms with van der Waals surface area (Å²) in [5, 5.41) is 2.95. The first kappa shape index (κ1) is 13.6. The molecule has 1 aliphatic rings. The number of nitrogens with zero attached hydrogens (tertiary/aromatic N) is 3. The van der Waals surface area contributed by atoms with Crippen molar-refractivity contribution in [1.29, 1.82) is 0 Å². The predicted molar refractivity (Wildman–Crippen MR) is 74.1 cm³/mol. The van der Waals surface area contributed by atoms with Crippen molar-refractivity contribution in [2.45, 2.75) is 25.8 Å². The van der Waals surface area contributed by atoms with Crippen LogP contribution in [0.4, 0.5) is 0 Å². The van der Waals surface area contributed by atoms with Crippen LogP contribution in [0.15, 0.2) is 5.38 Å². The van der Waals surface area contributed by atoms with Gasteiger partial charge >= 0.3 is 0 Å². The minimum atomic E-state index is 0.0155. The van der Waals surface area contributed by atoms with Crippen LogP contribution in [0.5, 0.6) is 0 Å². The van der Waals surface area contributed by atoms with Crippen LogP contribution in [0.25, 0.3) is 0 Å². The molecule has 5 heteroatoms. The zero-order valence-corrected chi connectivity index (χ0v) is 12.2. The van der Waals surface area contributed by atoms with Gasteiger partial charge in [0.2, 0.25) is 0 Å². The molecular formula is C13H21N3OS. The number of likely N-dealkylation sites (N-methyl/N-ethyl adjacent to an activating group) is 2. The Bertz CT molecular complexity index is 418. The molecule has 1 aromatic heterocycles. The van der Waals surface area contributed by atoms with E-state index in [4.69, 9.17) is 0 Å². The van der Waals surface area contributed by atoms with Crippen LogP contribution in [-0.4, -0.2) is 60.3 Å². The lowest BCUT2D eigenvalue weighted by Crippen LogP contribution is -2.44. The van der Waals surface area contributed by atoms with E-state index in [1.807, 2.05) is 12.3 Å². The summed E-state index contributed by atoms with van der Waals surface area (Å²) in [6.07, 6.45) is 1.61. The average molecular weight is 267 g/mol. The van der Waals surface area contributed by atoms with E-state index in [1.165, 1.54) is 0 Å². The highest BCUT2D eigenvalue weighted by Gasteiger charge is 2.27. The molecular weight excluding hydrogens is 246 g/mol. The van der Waals surface area contributed by atoms with Gasteiger partial charge in [0.25, 0.3) is 0 Å². The van der Waals surface area contributed by atoms with Crippen LogP contribution >= 0.6 is 11.3 Å². The number of aryl methyl sites for hydroxylation is 1. The maximum Gasteiger partial charge on any atom is 0.158 e. The fraction of sp³-hybridized carbons (Fsp3) is 0.692. The molecule has 0 saturated carbocycles. The maximum absolute atomic E-state index is 12.4. The van der Waals surface area contributed by atoms with Crippen LogP contribution in [0.2, 0.25) is 0 Å². The lowest BCUT2D eigenvalue weighted by Gasteiger charge is -2.25. The van der Waals surface area contributed by atoms with Gasteiger partial charge in [-0.3, -0.25) is 9.69 Å². The summed E-state index contributed by atoms with van der Waals surface area (Å²) in [5.41, 5.74) is 1.01. The highest BCUT2D eigenvalue weighted by atomic mass is 32.1.